The molecule has 0 amide bonds. The Kier molecular flexibility index (Phi) is 4.81. The number of halogens is 1. The molecule has 0 spiro atoms. The van der Waals surface area contributed by atoms with Gasteiger partial charge in [-0.05, 0) is 82.3 Å². The molecule has 0 aliphatic heterocycles. The maximum atomic E-state index is 13.2. The SMILES string of the molecule is CC1(c2cccc(Nc3ccc(-c4ccc(F)cc4)cc3)c2)c2ccccc2-c2ccccc21. The molecule has 6 rings (SSSR count). The Morgan fingerprint density at radius 1 is 0.559 bits per heavy atom. The van der Waals surface area contributed by atoms with Crippen LogP contribution in [0.2, 0.25) is 0 Å². The molecule has 164 valence electrons. The number of hydrogen-bond acceptors (Lipinski definition) is 1. The first-order valence-corrected chi connectivity index (χ1v) is 11.6. The number of rotatable bonds is 4. The van der Waals surface area contributed by atoms with Crippen molar-refractivity contribution in [1.82, 2.24) is 0 Å². The molecule has 0 radical (unpaired) electrons. The molecule has 1 aliphatic carbocycles. The molecule has 2 heteroatoms. The molecule has 1 aliphatic rings. The van der Waals surface area contributed by atoms with Gasteiger partial charge in [-0.1, -0.05) is 84.9 Å². The van der Waals surface area contributed by atoms with Crippen LogP contribution >= 0.6 is 0 Å². The van der Waals surface area contributed by atoms with Crippen LogP contribution in [0, 0.1) is 5.82 Å². The lowest BCUT2D eigenvalue weighted by Crippen LogP contribution is -2.22. The van der Waals surface area contributed by atoms with Gasteiger partial charge in [0.25, 0.3) is 0 Å². The van der Waals surface area contributed by atoms with Gasteiger partial charge in [0.15, 0.2) is 0 Å². The predicted molar refractivity (Wildman–Crippen MR) is 139 cm³/mol. The van der Waals surface area contributed by atoms with Crippen LogP contribution in [0.25, 0.3) is 22.3 Å². The molecule has 0 aromatic heterocycles. The first-order chi connectivity index (χ1) is 16.6. The first kappa shape index (κ1) is 20.4. The number of nitrogens with one attached hydrogen (secondary N) is 1. The van der Waals surface area contributed by atoms with Crippen LogP contribution in [0.1, 0.15) is 23.6 Å². The highest BCUT2D eigenvalue weighted by molar-refractivity contribution is 5.83. The third-order valence-electron chi connectivity index (χ3n) is 7.01. The summed E-state index contributed by atoms with van der Waals surface area (Å²) in [4.78, 5) is 0. The van der Waals surface area contributed by atoms with E-state index in [1.807, 2.05) is 0 Å². The number of hydrogen-bond donors (Lipinski definition) is 1. The second-order valence-corrected chi connectivity index (χ2v) is 9.01. The third kappa shape index (κ3) is 3.31. The van der Waals surface area contributed by atoms with Crippen LogP contribution in [0.4, 0.5) is 15.8 Å². The molecule has 0 saturated carbocycles. The summed E-state index contributed by atoms with van der Waals surface area (Å²) < 4.78 is 13.2. The van der Waals surface area contributed by atoms with Crippen LogP contribution in [0.5, 0.6) is 0 Å². The van der Waals surface area contributed by atoms with Crippen molar-refractivity contribution in [1.29, 1.82) is 0 Å². The summed E-state index contributed by atoms with van der Waals surface area (Å²) in [6.07, 6.45) is 0. The van der Waals surface area contributed by atoms with Gasteiger partial charge in [-0.3, -0.25) is 0 Å². The van der Waals surface area contributed by atoms with E-state index in [0.717, 1.165) is 22.5 Å². The van der Waals surface area contributed by atoms with Gasteiger partial charge in [0.2, 0.25) is 0 Å². The highest BCUT2D eigenvalue weighted by Gasteiger charge is 2.40. The fourth-order valence-electron chi connectivity index (χ4n) is 5.23. The van der Waals surface area contributed by atoms with Crippen molar-refractivity contribution < 1.29 is 4.39 Å². The van der Waals surface area contributed by atoms with Gasteiger partial charge in [-0.15, -0.1) is 0 Å². The number of benzene rings is 5. The lowest BCUT2D eigenvalue weighted by atomic mass is 9.74. The summed E-state index contributed by atoms with van der Waals surface area (Å²) in [5.41, 5.74) is 10.5. The van der Waals surface area contributed by atoms with Gasteiger partial charge >= 0.3 is 0 Å². The summed E-state index contributed by atoms with van der Waals surface area (Å²) in [5, 5.41) is 3.56. The van der Waals surface area contributed by atoms with Crippen LogP contribution in [0.3, 0.4) is 0 Å². The van der Waals surface area contributed by atoms with E-state index in [1.165, 1.54) is 39.9 Å². The fourth-order valence-corrected chi connectivity index (χ4v) is 5.23. The minimum atomic E-state index is -0.219. The molecule has 5 aromatic carbocycles. The maximum absolute atomic E-state index is 13.2. The quantitative estimate of drug-likeness (QED) is 0.294. The second-order valence-electron chi connectivity index (χ2n) is 9.01. The van der Waals surface area contributed by atoms with E-state index in [0.29, 0.717) is 0 Å². The van der Waals surface area contributed by atoms with Crippen molar-refractivity contribution in [2.24, 2.45) is 0 Å². The Hall–Kier alpha value is -4.17. The molecule has 0 heterocycles. The van der Waals surface area contributed by atoms with Crippen LogP contribution < -0.4 is 5.32 Å². The van der Waals surface area contributed by atoms with E-state index >= 15 is 0 Å². The summed E-state index contributed by atoms with van der Waals surface area (Å²) in [6, 6.07) is 41.0. The van der Waals surface area contributed by atoms with Crippen molar-refractivity contribution >= 4 is 11.4 Å². The summed E-state index contributed by atoms with van der Waals surface area (Å²) in [7, 11) is 0. The summed E-state index contributed by atoms with van der Waals surface area (Å²) in [6.45, 7) is 2.33. The number of fused-ring (bicyclic) bond motifs is 3. The van der Waals surface area contributed by atoms with Crippen molar-refractivity contribution in [2.45, 2.75) is 12.3 Å². The van der Waals surface area contributed by atoms with Gasteiger partial charge in [-0.2, -0.15) is 0 Å². The third-order valence-corrected chi connectivity index (χ3v) is 7.01. The van der Waals surface area contributed by atoms with Gasteiger partial charge in [0.1, 0.15) is 5.82 Å². The summed E-state index contributed by atoms with van der Waals surface area (Å²) in [5.74, 6) is -0.219. The molecule has 0 atom stereocenters. The topological polar surface area (TPSA) is 12.0 Å². The van der Waals surface area contributed by atoms with E-state index in [9.17, 15) is 4.39 Å². The zero-order chi connectivity index (χ0) is 23.1. The van der Waals surface area contributed by atoms with E-state index in [4.69, 9.17) is 0 Å². The van der Waals surface area contributed by atoms with Crippen molar-refractivity contribution in [2.75, 3.05) is 5.32 Å². The maximum Gasteiger partial charge on any atom is 0.123 e. The van der Waals surface area contributed by atoms with Gasteiger partial charge in [0, 0.05) is 16.8 Å². The predicted octanol–water partition coefficient (Wildman–Crippen LogP) is 8.57. The molecule has 1 nitrogen and oxygen atoms in total. The zero-order valence-corrected chi connectivity index (χ0v) is 18.9. The minimum Gasteiger partial charge on any atom is -0.356 e. The van der Waals surface area contributed by atoms with Gasteiger partial charge in [0.05, 0.1) is 0 Å². The first-order valence-electron chi connectivity index (χ1n) is 11.6. The Bertz CT molecular complexity index is 1440. The molecule has 0 unspecified atom stereocenters. The van der Waals surface area contributed by atoms with Crippen LogP contribution in [-0.2, 0) is 5.41 Å². The van der Waals surface area contributed by atoms with Gasteiger partial charge in [-0.25, -0.2) is 4.39 Å². The average Bonchev–Trinajstić information content (AvgIpc) is 3.15. The number of anilines is 2. The molecule has 1 N–H and O–H groups in total. The Labute approximate surface area is 199 Å². The average molecular weight is 442 g/mol. The molecule has 0 saturated heterocycles. The minimum absolute atomic E-state index is 0.211. The fraction of sp³-hybridized carbons (Fsp3) is 0.0625. The van der Waals surface area contributed by atoms with Crippen molar-refractivity contribution in [3.8, 4) is 22.3 Å². The van der Waals surface area contributed by atoms with Crippen molar-refractivity contribution in [3.63, 3.8) is 0 Å². The zero-order valence-electron chi connectivity index (χ0n) is 18.9. The lowest BCUT2D eigenvalue weighted by molar-refractivity contribution is 0.628. The Morgan fingerprint density at radius 3 is 1.74 bits per heavy atom. The lowest BCUT2D eigenvalue weighted by Gasteiger charge is -2.28. The standard InChI is InChI=1S/C32H24FN/c1-32(30-11-4-2-9-28(30)29-10-3-5-12-31(29)32)24-7-6-8-27(21-24)34-26-19-15-23(16-20-26)22-13-17-25(33)18-14-22/h2-21,34H,1H3. The Balaban J connectivity index is 1.33. The van der Waals surface area contributed by atoms with E-state index in [1.54, 1.807) is 12.1 Å². The smallest absolute Gasteiger partial charge is 0.123 e. The van der Waals surface area contributed by atoms with Crippen molar-refractivity contribution in [3.05, 3.63) is 144 Å². The van der Waals surface area contributed by atoms with Crippen LogP contribution in [-0.4, -0.2) is 0 Å². The Morgan fingerprint density at radius 2 is 1.12 bits per heavy atom. The summed E-state index contributed by atoms with van der Waals surface area (Å²) >= 11 is 0. The molecule has 0 bridgehead atoms. The second kappa shape index (κ2) is 8.00. The highest BCUT2D eigenvalue weighted by atomic mass is 19.1. The molecule has 0 fully saturated rings. The van der Waals surface area contributed by atoms with Gasteiger partial charge < -0.3 is 5.32 Å². The highest BCUT2D eigenvalue weighted by Crippen LogP contribution is 2.52. The monoisotopic (exact) mass is 441 g/mol. The normalized spacial score (nSPS) is 13.2. The van der Waals surface area contributed by atoms with E-state index in [2.05, 4.69) is 109 Å². The van der Waals surface area contributed by atoms with E-state index < -0.39 is 0 Å². The largest absolute Gasteiger partial charge is 0.356 e. The molecule has 34 heavy (non-hydrogen) atoms. The molecule has 5 aromatic rings. The molecular weight excluding hydrogens is 417 g/mol. The molecular formula is C32H24FN. The van der Waals surface area contributed by atoms with E-state index in [-0.39, 0.29) is 11.2 Å². The van der Waals surface area contributed by atoms with Crippen LogP contribution in [0.15, 0.2) is 121 Å².